The summed E-state index contributed by atoms with van der Waals surface area (Å²) < 4.78 is 22.4. The zero-order valence-corrected chi connectivity index (χ0v) is 15.6. The van der Waals surface area contributed by atoms with Crippen molar-refractivity contribution in [2.24, 2.45) is 0 Å². The van der Waals surface area contributed by atoms with E-state index in [0.717, 1.165) is 0 Å². The van der Waals surface area contributed by atoms with Crippen LogP contribution in [-0.4, -0.2) is 34.2 Å². The Morgan fingerprint density at radius 3 is 2.33 bits per heavy atom. The third-order valence-electron chi connectivity index (χ3n) is 2.12. The van der Waals surface area contributed by atoms with Gasteiger partial charge in [-0.3, -0.25) is 9.55 Å². The predicted octanol–water partition coefficient (Wildman–Crippen LogP) is 1.50. The van der Waals surface area contributed by atoms with Gasteiger partial charge in [-0.25, -0.2) is 4.98 Å². The minimum atomic E-state index is -3.72. The number of nitrogens with one attached hydrogen (secondary N) is 1. The molecule has 0 aliphatic heterocycles. The molecule has 1 amide bonds. The predicted molar refractivity (Wildman–Crippen MR) is 71.8 cm³/mol. The standard InChI is InChI=1S/C11H17N3O5P.Y/c1-4-18-20(17,19-5-2)11(16)9-6-13-10(7-12-9)14-8(3)15;/h6-7,11,16H,3-5H2,1-2H3,(H,13,14,15);/q-1;. The number of carbonyl (C=O) groups is 1. The van der Waals surface area contributed by atoms with Crippen LogP contribution in [0.3, 0.4) is 0 Å². The van der Waals surface area contributed by atoms with Gasteiger partial charge in [-0.05, 0) is 13.8 Å². The summed E-state index contributed by atoms with van der Waals surface area (Å²) in [4.78, 5) is 18.5. The molecule has 1 heterocycles. The van der Waals surface area contributed by atoms with Gasteiger partial charge in [-0.1, -0.05) is 0 Å². The number of amides is 1. The topological polar surface area (TPSA) is 111 Å². The second kappa shape index (κ2) is 9.61. The fraction of sp³-hybridized carbons (Fsp3) is 0.455. The summed E-state index contributed by atoms with van der Waals surface area (Å²) in [6, 6.07) is 0. The van der Waals surface area contributed by atoms with Gasteiger partial charge in [0.2, 0.25) is 0 Å². The first-order valence-electron chi connectivity index (χ1n) is 5.94. The molecule has 0 spiro atoms. The summed E-state index contributed by atoms with van der Waals surface area (Å²) in [6.07, 6.45) is 2.39. The fourth-order valence-electron chi connectivity index (χ4n) is 1.38. The van der Waals surface area contributed by atoms with Gasteiger partial charge >= 0.3 is 7.60 Å². The zero-order valence-electron chi connectivity index (χ0n) is 11.9. The number of carbonyl (C=O) groups excluding carboxylic acids is 1. The summed E-state index contributed by atoms with van der Waals surface area (Å²) in [5.74, 6) is -1.91. The largest absolute Gasteiger partial charge is 0.375 e. The summed E-state index contributed by atoms with van der Waals surface area (Å²) in [7, 11) is -3.72. The first kappa shape index (κ1) is 20.6. The Hall–Kier alpha value is -0.366. The van der Waals surface area contributed by atoms with Crippen molar-refractivity contribution in [3.05, 3.63) is 25.0 Å². The maximum absolute atomic E-state index is 12.3. The van der Waals surface area contributed by atoms with E-state index in [-0.39, 0.29) is 57.4 Å². The van der Waals surface area contributed by atoms with Crippen molar-refractivity contribution in [3.8, 4) is 0 Å². The van der Waals surface area contributed by atoms with E-state index in [0.29, 0.717) is 0 Å². The first-order valence-corrected chi connectivity index (χ1v) is 7.55. The SMILES string of the molecule is [CH2-]C(=O)Nc1cnc(C(O)P(=O)(OCC)OCC)cn1.[Y]. The molecular weight excluding hydrogens is 374 g/mol. The zero-order chi connectivity index (χ0) is 15.2. The van der Waals surface area contributed by atoms with Crippen molar-refractivity contribution in [1.82, 2.24) is 9.97 Å². The van der Waals surface area contributed by atoms with Gasteiger partial charge in [0.05, 0.1) is 37.2 Å². The molecule has 2 N–H and O–H groups in total. The van der Waals surface area contributed by atoms with Gasteiger partial charge in [0.1, 0.15) is 5.82 Å². The second-order valence-corrected chi connectivity index (χ2v) is 5.71. The summed E-state index contributed by atoms with van der Waals surface area (Å²) >= 11 is 0. The molecule has 1 rings (SSSR count). The van der Waals surface area contributed by atoms with Crippen LogP contribution in [0.4, 0.5) is 5.82 Å². The van der Waals surface area contributed by atoms with Crippen LogP contribution in [0.25, 0.3) is 0 Å². The van der Waals surface area contributed by atoms with Crippen molar-refractivity contribution in [1.29, 1.82) is 0 Å². The van der Waals surface area contributed by atoms with Crippen molar-refractivity contribution < 1.29 is 56.2 Å². The number of anilines is 1. The van der Waals surface area contributed by atoms with E-state index in [4.69, 9.17) is 9.05 Å². The Morgan fingerprint density at radius 2 is 1.95 bits per heavy atom. The van der Waals surface area contributed by atoms with Gasteiger partial charge in [0, 0.05) is 32.7 Å². The van der Waals surface area contributed by atoms with Crippen molar-refractivity contribution in [3.63, 3.8) is 0 Å². The van der Waals surface area contributed by atoms with Crippen LogP contribution in [0.5, 0.6) is 0 Å². The number of hydrogen-bond donors (Lipinski definition) is 2. The molecule has 1 atom stereocenters. The number of nitrogens with zero attached hydrogens (tertiary/aromatic N) is 2. The second-order valence-electron chi connectivity index (χ2n) is 3.62. The van der Waals surface area contributed by atoms with Crippen molar-refractivity contribution >= 4 is 19.3 Å². The number of rotatable bonds is 7. The third kappa shape index (κ3) is 6.10. The van der Waals surface area contributed by atoms with Crippen LogP contribution in [0.15, 0.2) is 12.4 Å². The Kier molecular flexibility index (Phi) is 9.44. The van der Waals surface area contributed by atoms with Gasteiger partial charge in [-0.15, -0.1) is 0 Å². The molecule has 0 fully saturated rings. The van der Waals surface area contributed by atoms with Gasteiger partial charge in [0.15, 0.2) is 5.85 Å². The van der Waals surface area contributed by atoms with Gasteiger partial charge in [-0.2, -0.15) is 0 Å². The molecule has 0 saturated heterocycles. The number of hydrogen-bond acceptors (Lipinski definition) is 7. The van der Waals surface area contributed by atoms with Crippen LogP contribution < -0.4 is 5.32 Å². The third-order valence-corrected chi connectivity index (χ3v) is 4.22. The first-order chi connectivity index (χ1) is 9.42. The monoisotopic (exact) mass is 391 g/mol. The summed E-state index contributed by atoms with van der Waals surface area (Å²) in [5, 5.41) is 12.4. The van der Waals surface area contributed by atoms with Crippen LogP contribution >= 0.6 is 7.60 Å². The molecule has 21 heavy (non-hydrogen) atoms. The molecule has 8 nitrogen and oxygen atoms in total. The Labute approximate surface area is 148 Å². The molecule has 0 aliphatic carbocycles. The molecule has 0 saturated carbocycles. The minimum absolute atomic E-state index is 0. The van der Waals surface area contributed by atoms with E-state index in [1.807, 2.05) is 0 Å². The molecule has 0 aliphatic rings. The van der Waals surface area contributed by atoms with E-state index < -0.39 is 19.3 Å². The van der Waals surface area contributed by atoms with E-state index >= 15 is 0 Å². The average Bonchev–Trinajstić information content (AvgIpc) is 2.38. The Bertz CT molecular complexity index is 489. The van der Waals surface area contributed by atoms with Crippen molar-refractivity contribution in [2.75, 3.05) is 18.5 Å². The molecular formula is C11H17N3O5PY-. The maximum Gasteiger partial charge on any atom is 0.365 e. The molecule has 115 valence electrons. The van der Waals surface area contributed by atoms with E-state index in [1.165, 1.54) is 12.4 Å². The smallest absolute Gasteiger partial charge is 0.365 e. The number of aliphatic hydroxyl groups is 1. The average molecular weight is 391 g/mol. The van der Waals surface area contributed by atoms with Crippen LogP contribution in [0, 0.1) is 6.92 Å². The molecule has 10 heteroatoms. The Morgan fingerprint density at radius 1 is 1.38 bits per heavy atom. The Balaban J connectivity index is 0.00000400. The normalized spacial score (nSPS) is 12.3. The van der Waals surface area contributed by atoms with Crippen LogP contribution in [-0.2, 0) is 51.1 Å². The maximum atomic E-state index is 12.3. The molecule has 0 bridgehead atoms. The van der Waals surface area contributed by atoms with Crippen LogP contribution in [0.2, 0.25) is 0 Å². The number of aromatic nitrogens is 2. The van der Waals surface area contributed by atoms with E-state index in [1.54, 1.807) is 13.8 Å². The number of aliphatic hydroxyl groups excluding tert-OH is 1. The van der Waals surface area contributed by atoms with Gasteiger partial charge in [0.25, 0.3) is 0 Å². The van der Waals surface area contributed by atoms with Crippen LogP contribution in [0.1, 0.15) is 25.4 Å². The summed E-state index contributed by atoms with van der Waals surface area (Å²) in [5.41, 5.74) is 0.0253. The van der Waals surface area contributed by atoms with Crippen molar-refractivity contribution in [2.45, 2.75) is 19.7 Å². The molecule has 1 radical (unpaired) electrons. The van der Waals surface area contributed by atoms with E-state index in [2.05, 4.69) is 22.2 Å². The molecule has 1 unspecified atom stereocenters. The minimum Gasteiger partial charge on any atom is -0.375 e. The molecule has 0 aromatic carbocycles. The summed E-state index contributed by atoms with van der Waals surface area (Å²) in [6.45, 7) is 6.64. The molecule has 1 aromatic heterocycles. The quantitative estimate of drug-likeness (QED) is 0.535. The molecule has 1 aromatic rings. The fourth-order valence-corrected chi connectivity index (χ4v) is 2.91. The van der Waals surface area contributed by atoms with E-state index in [9.17, 15) is 14.5 Å². The van der Waals surface area contributed by atoms with Gasteiger partial charge < -0.3 is 31.2 Å².